The zero-order valence-electron chi connectivity index (χ0n) is 19.2. The smallest absolute Gasteiger partial charge is 0.266 e. The molecule has 0 radical (unpaired) electrons. The van der Waals surface area contributed by atoms with E-state index in [4.69, 9.17) is 9.47 Å². The SMILES string of the molecule is COc1cccc2c1N(C)C(=O)[C@H]2[C@@]1(O)C(=O)N(COCC[Si](C)(C)C)c2ccccc21. The fourth-order valence-corrected chi connectivity index (χ4v) is 5.30. The molecule has 2 aromatic rings. The molecule has 2 amide bonds. The second-order valence-electron chi connectivity index (χ2n) is 9.59. The van der Waals surface area contributed by atoms with Crippen LogP contribution in [0.2, 0.25) is 25.7 Å². The lowest BCUT2D eigenvalue weighted by Crippen LogP contribution is -2.48. The largest absolute Gasteiger partial charge is 0.495 e. The van der Waals surface area contributed by atoms with Crippen LogP contribution in [0, 0.1) is 0 Å². The van der Waals surface area contributed by atoms with E-state index in [1.807, 2.05) is 6.07 Å². The molecule has 32 heavy (non-hydrogen) atoms. The molecule has 2 atom stereocenters. The van der Waals surface area contributed by atoms with Gasteiger partial charge in [-0.25, -0.2) is 0 Å². The second kappa shape index (κ2) is 8.02. The van der Waals surface area contributed by atoms with Gasteiger partial charge in [-0.3, -0.25) is 14.5 Å². The van der Waals surface area contributed by atoms with Crippen LogP contribution in [0.25, 0.3) is 0 Å². The Labute approximate surface area is 189 Å². The zero-order valence-corrected chi connectivity index (χ0v) is 20.2. The van der Waals surface area contributed by atoms with Gasteiger partial charge < -0.3 is 19.5 Å². The number of benzene rings is 2. The van der Waals surface area contributed by atoms with Crippen molar-refractivity contribution in [1.82, 2.24) is 0 Å². The Morgan fingerprint density at radius 3 is 2.50 bits per heavy atom. The summed E-state index contributed by atoms with van der Waals surface area (Å²) < 4.78 is 11.3. The molecule has 2 aromatic carbocycles. The molecule has 0 saturated carbocycles. The van der Waals surface area contributed by atoms with Crippen molar-refractivity contribution < 1.29 is 24.2 Å². The number of aliphatic hydroxyl groups is 1. The third-order valence-corrected chi connectivity index (χ3v) is 7.99. The number of ether oxygens (including phenoxy) is 2. The van der Waals surface area contributed by atoms with Crippen LogP contribution in [-0.2, 0) is 19.9 Å². The number of methoxy groups -OCH3 is 1. The number of anilines is 2. The number of hydrogen-bond donors (Lipinski definition) is 1. The normalized spacial score (nSPS) is 22.4. The molecule has 0 spiro atoms. The minimum atomic E-state index is -2.03. The molecule has 0 aliphatic carbocycles. The molecule has 2 heterocycles. The number of nitrogens with zero attached hydrogens (tertiary/aromatic N) is 2. The molecule has 4 rings (SSSR count). The van der Waals surface area contributed by atoms with E-state index in [-0.39, 0.29) is 12.6 Å². The van der Waals surface area contributed by atoms with Gasteiger partial charge in [0.1, 0.15) is 18.4 Å². The molecule has 0 saturated heterocycles. The summed E-state index contributed by atoms with van der Waals surface area (Å²) in [7, 11) is 1.89. The van der Waals surface area contributed by atoms with Crippen molar-refractivity contribution in [2.24, 2.45) is 0 Å². The highest BCUT2D eigenvalue weighted by Crippen LogP contribution is 2.54. The fourth-order valence-electron chi connectivity index (χ4n) is 4.54. The van der Waals surface area contributed by atoms with Gasteiger partial charge in [-0.05, 0) is 23.7 Å². The van der Waals surface area contributed by atoms with Crippen molar-refractivity contribution in [1.29, 1.82) is 0 Å². The maximum absolute atomic E-state index is 13.7. The summed E-state index contributed by atoms with van der Waals surface area (Å²) in [6.45, 7) is 7.37. The summed E-state index contributed by atoms with van der Waals surface area (Å²) >= 11 is 0. The molecule has 0 unspecified atom stereocenters. The van der Waals surface area contributed by atoms with E-state index >= 15 is 0 Å². The summed E-state index contributed by atoms with van der Waals surface area (Å²) in [5.74, 6) is -1.45. The average molecular weight is 455 g/mol. The Hall–Kier alpha value is -2.68. The van der Waals surface area contributed by atoms with Gasteiger partial charge in [0.25, 0.3) is 5.91 Å². The van der Waals surface area contributed by atoms with Crippen molar-refractivity contribution in [3.63, 3.8) is 0 Å². The Kier molecular flexibility index (Phi) is 5.64. The molecule has 0 aromatic heterocycles. The molecule has 0 fully saturated rings. The van der Waals surface area contributed by atoms with Crippen LogP contribution in [0.1, 0.15) is 17.0 Å². The van der Waals surface area contributed by atoms with Crippen molar-refractivity contribution in [3.05, 3.63) is 53.6 Å². The number of fused-ring (bicyclic) bond motifs is 2. The van der Waals surface area contributed by atoms with E-state index < -0.39 is 25.5 Å². The lowest BCUT2D eigenvalue weighted by atomic mass is 9.78. The lowest BCUT2D eigenvalue weighted by molar-refractivity contribution is -0.144. The molecular formula is C24H30N2O5Si. The molecule has 2 aliphatic rings. The van der Waals surface area contributed by atoms with Crippen LogP contribution < -0.4 is 14.5 Å². The predicted octanol–water partition coefficient (Wildman–Crippen LogP) is 3.30. The number of hydrogen-bond acceptors (Lipinski definition) is 5. The van der Waals surface area contributed by atoms with Gasteiger partial charge in [-0.1, -0.05) is 50.0 Å². The maximum Gasteiger partial charge on any atom is 0.266 e. The monoisotopic (exact) mass is 454 g/mol. The number of carbonyl (C=O) groups is 2. The molecule has 1 N–H and O–H groups in total. The molecule has 8 heteroatoms. The second-order valence-corrected chi connectivity index (χ2v) is 15.2. The number of para-hydroxylation sites is 2. The first-order chi connectivity index (χ1) is 15.1. The summed E-state index contributed by atoms with van der Waals surface area (Å²) in [4.78, 5) is 30.0. The van der Waals surface area contributed by atoms with Crippen molar-refractivity contribution in [2.45, 2.75) is 37.2 Å². The van der Waals surface area contributed by atoms with Crippen molar-refractivity contribution in [3.8, 4) is 5.75 Å². The van der Waals surface area contributed by atoms with E-state index in [9.17, 15) is 14.7 Å². The Bertz CT molecular complexity index is 1070. The van der Waals surface area contributed by atoms with Gasteiger partial charge in [-0.2, -0.15) is 0 Å². The fraction of sp³-hybridized carbons (Fsp3) is 0.417. The van der Waals surface area contributed by atoms with Crippen molar-refractivity contribution in [2.75, 3.05) is 37.3 Å². The van der Waals surface area contributed by atoms with E-state index in [1.165, 1.54) is 16.9 Å². The van der Waals surface area contributed by atoms with E-state index in [2.05, 4.69) is 19.6 Å². The molecule has 7 nitrogen and oxygen atoms in total. The Morgan fingerprint density at radius 2 is 1.81 bits per heavy atom. The average Bonchev–Trinajstić information content (AvgIpc) is 3.14. The molecular weight excluding hydrogens is 424 g/mol. The van der Waals surface area contributed by atoms with Crippen LogP contribution in [-0.4, -0.2) is 52.5 Å². The summed E-state index contributed by atoms with van der Waals surface area (Å²) in [6.07, 6.45) is 0. The first-order valence-corrected chi connectivity index (χ1v) is 14.5. The quantitative estimate of drug-likeness (QED) is 0.513. The number of likely N-dealkylation sites (N-methyl/N-ethyl adjacent to an activating group) is 1. The van der Waals surface area contributed by atoms with Gasteiger partial charge in [0.15, 0.2) is 5.60 Å². The van der Waals surface area contributed by atoms with Crippen molar-refractivity contribution >= 4 is 31.3 Å². The molecule has 0 bridgehead atoms. The third kappa shape index (κ3) is 3.43. The van der Waals surface area contributed by atoms with E-state index in [0.29, 0.717) is 34.9 Å². The van der Waals surface area contributed by atoms with Gasteiger partial charge in [0, 0.05) is 27.3 Å². The number of amides is 2. The van der Waals surface area contributed by atoms with Gasteiger partial charge in [0.2, 0.25) is 5.91 Å². The molecule has 2 aliphatic heterocycles. The van der Waals surface area contributed by atoms with E-state index in [0.717, 1.165) is 6.04 Å². The highest BCUT2D eigenvalue weighted by atomic mass is 28.3. The highest BCUT2D eigenvalue weighted by molar-refractivity contribution is 6.76. The van der Waals surface area contributed by atoms with E-state index in [1.54, 1.807) is 43.4 Å². The number of carbonyl (C=O) groups excluding carboxylic acids is 2. The highest BCUT2D eigenvalue weighted by Gasteiger charge is 2.61. The summed E-state index contributed by atoms with van der Waals surface area (Å²) in [6, 6.07) is 13.3. The van der Waals surface area contributed by atoms with Crippen LogP contribution in [0.5, 0.6) is 5.75 Å². The zero-order chi connectivity index (χ0) is 23.3. The summed E-state index contributed by atoms with van der Waals surface area (Å²) in [5.41, 5.74) is 0.111. The van der Waals surface area contributed by atoms with Crippen LogP contribution in [0.4, 0.5) is 11.4 Å². The topological polar surface area (TPSA) is 79.3 Å². The van der Waals surface area contributed by atoms with Gasteiger partial charge in [0.05, 0.1) is 18.5 Å². The lowest BCUT2D eigenvalue weighted by Gasteiger charge is -2.28. The first-order valence-electron chi connectivity index (χ1n) is 10.8. The van der Waals surface area contributed by atoms with Gasteiger partial charge >= 0.3 is 0 Å². The minimum Gasteiger partial charge on any atom is -0.495 e. The Balaban J connectivity index is 1.73. The van der Waals surface area contributed by atoms with Gasteiger partial charge in [-0.15, -0.1) is 0 Å². The first kappa shape index (κ1) is 22.5. The van der Waals surface area contributed by atoms with Crippen LogP contribution in [0.3, 0.4) is 0 Å². The number of rotatable bonds is 7. The third-order valence-electron chi connectivity index (χ3n) is 6.29. The van der Waals surface area contributed by atoms with Crippen LogP contribution in [0.15, 0.2) is 42.5 Å². The standard InChI is InChI=1S/C24H30N2O5Si/c1-25-21-16(9-8-12-19(21)30-2)20(22(25)27)24(29)17-10-6-7-11-18(17)26(23(24)28)15-31-13-14-32(3,4)5/h6-12,20,29H,13-15H2,1-5H3/t20-,24+/m0/s1. The van der Waals surface area contributed by atoms with Crippen LogP contribution >= 0.6 is 0 Å². The summed E-state index contributed by atoms with van der Waals surface area (Å²) in [5, 5.41) is 11.9. The minimum absolute atomic E-state index is 0.0321. The maximum atomic E-state index is 13.7. The predicted molar refractivity (Wildman–Crippen MR) is 126 cm³/mol. The Morgan fingerprint density at radius 1 is 1.09 bits per heavy atom. The molecule has 170 valence electrons.